The summed E-state index contributed by atoms with van der Waals surface area (Å²) in [4.78, 5) is 7.34. The van der Waals surface area contributed by atoms with Crippen molar-refractivity contribution in [1.82, 2.24) is 19.7 Å². The number of hydrogen-bond acceptors (Lipinski definition) is 7. The van der Waals surface area contributed by atoms with Crippen LogP contribution < -0.4 is 0 Å². The normalized spacial score (nSPS) is 14.8. The minimum atomic E-state index is -0.571. The highest BCUT2D eigenvalue weighted by Gasteiger charge is 2.30. The quantitative estimate of drug-likeness (QED) is 0.511. The molecular weight excluding hydrogens is 374 g/mol. The number of nitrogens with zero attached hydrogens (tertiary/aromatic N) is 6. The van der Waals surface area contributed by atoms with Gasteiger partial charge in [-0.2, -0.15) is 15.5 Å². The summed E-state index contributed by atoms with van der Waals surface area (Å²) in [6.45, 7) is 0. The standard InChI is InChI=1S/C19H11N7OS/c20-10-12-16(11-5-2-1-3-6-11)25-26-17(12)23-24-18(26)14-9-13(21-19(28)22-14)15-7-4-8-27-15/h1-9,18H,(H,21,22,28)/t18-/m1/s1. The van der Waals surface area contributed by atoms with Crippen molar-refractivity contribution in [2.75, 3.05) is 0 Å². The van der Waals surface area contributed by atoms with Crippen molar-refractivity contribution in [1.29, 1.82) is 5.26 Å². The monoisotopic (exact) mass is 385 g/mol. The Kier molecular flexibility index (Phi) is 3.70. The van der Waals surface area contributed by atoms with Gasteiger partial charge in [0, 0.05) is 5.56 Å². The van der Waals surface area contributed by atoms with Crippen molar-refractivity contribution in [2.45, 2.75) is 6.17 Å². The second-order valence-electron chi connectivity index (χ2n) is 6.06. The molecule has 1 atom stereocenters. The zero-order chi connectivity index (χ0) is 19.1. The lowest BCUT2D eigenvalue weighted by Crippen LogP contribution is -2.09. The van der Waals surface area contributed by atoms with Crippen molar-refractivity contribution >= 4 is 18.0 Å². The lowest BCUT2D eigenvalue weighted by atomic mass is 10.1. The maximum absolute atomic E-state index is 9.65. The van der Waals surface area contributed by atoms with Crippen LogP contribution in [0.5, 0.6) is 0 Å². The molecule has 134 valence electrons. The molecule has 9 heteroatoms. The summed E-state index contributed by atoms with van der Waals surface area (Å²) in [5.74, 6) is 1.02. The van der Waals surface area contributed by atoms with Crippen LogP contribution in [0.2, 0.25) is 0 Å². The first-order chi connectivity index (χ1) is 13.7. The van der Waals surface area contributed by atoms with E-state index in [0.29, 0.717) is 39.0 Å². The van der Waals surface area contributed by atoms with Crippen LogP contribution >= 0.6 is 12.2 Å². The number of benzene rings is 1. The van der Waals surface area contributed by atoms with Gasteiger partial charge in [-0.25, -0.2) is 9.67 Å². The molecule has 4 aromatic rings. The number of nitriles is 1. The van der Waals surface area contributed by atoms with Crippen LogP contribution in [0.3, 0.4) is 0 Å². The van der Waals surface area contributed by atoms with Gasteiger partial charge in [0.1, 0.15) is 23.0 Å². The summed E-state index contributed by atoms with van der Waals surface area (Å²) in [6.07, 6.45) is 1.00. The lowest BCUT2D eigenvalue weighted by molar-refractivity contribution is 0.555. The molecular formula is C19H11N7OS. The number of H-pyrrole nitrogens is 1. The highest BCUT2D eigenvalue weighted by molar-refractivity contribution is 7.71. The minimum absolute atomic E-state index is 0.295. The van der Waals surface area contributed by atoms with Crippen LogP contribution in [-0.2, 0) is 0 Å². The SMILES string of the molecule is N#Cc1c(-c2ccccc2)nn2c1N=N[C@H]2c1cc(-c2ccco2)nc(=S)[nH]1. The molecule has 0 bridgehead atoms. The molecule has 0 spiro atoms. The van der Waals surface area contributed by atoms with Gasteiger partial charge < -0.3 is 9.40 Å². The van der Waals surface area contributed by atoms with Crippen LogP contribution in [0.15, 0.2) is 69.4 Å². The molecule has 3 aromatic heterocycles. The minimum Gasteiger partial charge on any atom is -0.463 e. The van der Waals surface area contributed by atoms with Crippen LogP contribution in [0.25, 0.3) is 22.7 Å². The largest absolute Gasteiger partial charge is 0.463 e. The molecule has 1 aliphatic rings. The highest BCUT2D eigenvalue weighted by atomic mass is 32.1. The van der Waals surface area contributed by atoms with Gasteiger partial charge in [0.25, 0.3) is 0 Å². The predicted octanol–water partition coefficient (Wildman–Crippen LogP) is 4.78. The fraction of sp³-hybridized carbons (Fsp3) is 0.0526. The number of aromatic nitrogens is 4. The molecule has 8 nitrogen and oxygen atoms in total. The van der Waals surface area contributed by atoms with Crippen molar-refractivity contribution in [2.24, 2.45) is 10.2 Å². The molecule has 28 heavy (non-hydrogen) atoms. The average molecular weight is 385 g/mol. The zero-order valence-electron chi connectivity index (χ0n) is 14.3. The third-order valence-corrected chi connectivity index (χ3v) is 4.55. The van der Waals surface area contributed by atoms with Gasteiger partial charge in [-0.05, 0) is 30.4 Å². The van der Waals surface area contributed by atoms with E-state index >= 15 is 0 Å². The van der Waals surface area contributed by atoms with Crippen molar-refractivity contribution < 1.29 is 4.42 Å². The molecule has 0 aliphatic carbocycles. The summed E-state index contributed by atoms with van der Waals surface area (Å²) in [5.41, 5.74) is 3.04. The Hall–Kier alpha value is -3.90. The molecule has 5 rings (SSSR count). The van der Waals surface area contributed by atoms with Crippen LogP contribution in [0.1, 0.15) is 17.4 Å². The van der Waals surface area contributed by atoms with Gasteiger partial charge in [0.15, 0.2) is 16.3 Å². The molecule has 1 N–H and O–H groups in total. The number of furan rings is 1. The van der Waals surface area contributed by atoms with Crippen LogP contribution in [-0.4, -0.2) is 19.7 Å². The van der Waals surface area contributed by atoms with Crippen LogP contribution in [0, 0.1) is 16.1 Å². The molecule has 4 heterocycles. The summed E-state index contributed by atoms with van der Waals surface area (Å²) in [7, 11) is 0. The van der Waals surface area contributed by atoms with Crippen molar-refractivity contribution in [3.05, 3.63) is 70.8 Å². The first kappa shape index (κ1) is 16.3. The van der Waals surface area contributed by atoms with Crippen LogP contribution in [0.4, 0.5) is 5.82 Å². The maximum Gasteiger partial charge on any atom is 0.204 e. The summed E-state index contributed by atoms with van der Waals surface area (Å²) in [5, 5.41) is 22.8. The van der Waals surface area contributed by atoms with E-state index in [9.17, 15) is 5.26 Å². The van der Waals surface area contributed by atoms with E-state index in [0.717, 1.165) is 5.56 Å². The number of hydrogen-bond donors (Lipinski definition) is 1. The third-order valence-electron chi connectivity index (χ3n) is 4.35. The maximum atomic E-state index is 9.65. The Bertz CT molecular complexity index is 1300. The second kappa shape index (κ2) is 6.37. The predicted molar refractivity (Wildman–Crippen MR) is 102 cm³/mol. The first-order valence-corrected chi connectivity index (χ1v) is 8.79. The van der Waals surface area contributed by atoms with E-state index in [-0.39, 0.29) is 0 Å². The highest BCUT2D eigenvalue weighted by Crippen LogP contribution is 2.39. The van der Waals surface area contributed by atoms with Crippen molar-refractivity contribution in [3.63, 3.8) is 0 Å². The molecule has 1 aromatic carbocycles. The van der Waals surface area contributed by atoms with Gasteiger partial charge >= 0.3 is 0 Å². The van der Waals surface area contributed by atoms with E-state index in [1.54, 1.807) is 29.1 Å². The zero-order valence-corrected chi connectivity index (χ0v) is 15.1. The van der Waals surface area contributed by atoms with E-state index in [1.165, 1.54) is 0 Å². The lowest BCUT2D eigenvalue weighted by Gasteiger charge is -2.09. The molecule has 0 fully saturated rings. The Morgan fingerprint density at radius 1 is 1.18 bits per heavy atom. The van der Waals surface area contributed by atoms with Gasteiger partial charge in [-0.1, -0.05) is 30.3 Å². The smallest absolute Gasteiger partial charge is 0.204 e. The molecule has 0 unspecified atom stereocenters. The van der Waals surface area contributed by atoms with Gasteiger partial charge in [0.2, 0.25) is 6.17 Å². The molecule has 0 saturated heterocycles. The summed E-state index contributed by atoms with van der Waals surface area (Å²) in [6, 6.07) is 17.1. The Morgan fingerprint density at radius 2 is 2.04 bits per heavy atom. The van der Waals surface area contributed by atoms with Gasteiger partial charge in [-0.15, -0.1) is 5.11 Å². The van der Waals surface area contributed by atoms with E-state index in [4.69, 9.17) is 16.6 Å². The Balaban J connectivity index is 1.64. The summed E-state index contributed by atoms with van der Waals surface area (Å²) >= 11 is 5.26. The van der Waals surface area contributed by atoms with Gasteiger partial charge in [-0.3, -0.25) is 0 Å². The molecule has 0 radical (unpaired) electrons. The Labute approximate surface area is 163 Å². The Morgan fingerprint density at radius 3 is 2.79 bits per heavy atom. The second-order valence-corrected chi connectivity index (χ2v) is 6.45. The number of fused-ring (bicyclic) bond motifs is 1. The third kappa shape index (κ3) is 2.55. The number of aromatic amines is 1. The first-order valence-electron chi connectivity index (χ1n) is 8.38. The van der Waals surface area contributed by atoms with E-state index in [2.05, 4.69) is 31.4 Å². The van der Waals surface area contributed by atoms with E-state index in [1.807, 2.05) is 30.3 Å². The van der Waals surface area contributed by atoms with E-state index < -0.39 is 6.17 Å². The fourth-order valence-corrected chi connectivity index (χ4v) is 3.33. The number of rotatable bonds is 3. The molecule has 0 saturated carbocycles. The number of nitrogens with one attached hydrogen (secondary N) is 1. The molecule has 1 aliphatic heterocycles. The average Bonchev–Trinajstić information content (AvgIpc) is 3.44. The number of azo groups is 1. The van der Waals surface area contributed by atoms with Gasteiger partial charge in [0.05, 0.1) is 12.0 Å². The topological polar surface area (TPSA) is 108 Å². The fourth-order valence-electron chi connectivity index (χ4n) is 3.11. The summed E-state index contributed by atoms with van der Waals surface area (Å²) < 4.78 is 7.33. The molecule has 0 amide bonds. The van der Waals surface area contributed by atoms with Crippen molar-refractivity contribution in [3.8, 4) is 28.8 Å².